The molecular formula is C12H22N4O2S. The van der Waals surface area contributed by atoms with Crippen LogP contribution in [-0.2, 0) is 17.1 Å². The van der Waals surface area contributed by atoms with E-state index in [1.807, 2.05) is 7.05 Å². The molecule has 2 rings (SSSR count). The van der Waals surface area contributed by atoms with Gasteiger partial charge < -0.3 is 14.8 Å². The Morgan fingerprint density at radius 3 is 2.74 bits per heavy atom. The van der Waals surface area contributed by atoms with E-state index in [1.54, 1.807) is 23.0 Å². The third-order valence-electron chi connectivity index (χ3n) is 3.27. The lowest BCUT2D eigenvalue weighted by Gasteiger charge is -2.26. The molecule has 0 saturated carbocycles. The molecule has 0 atom stereocenters. The predicted octanol–water partition coefficient (Wildman–Crippen LogP) is -0.401. The lowest BCUT2D eigenvalue weighted by Crippen LogP contribution is -2.44. The molecule has 1 aliphatic heterocycles. The zero-order valence-corrected chi connectivity index (χ0v) is 12.1. The molecule has 0 amide bonds. The van der Waals surface area contributed by atoms with Gasteiger partial charge in [0.1, 0.15) is 0 Å². The first-order valence-electron chi connectivity index (χ1n) is 6.63. The number of aromatic nitrogens is 1. The summed E-state index contributed by atoms with van der Waals surface area (Å²) in [5.74, 6) is 0. The molecule has 7 heteroatoms. The highest BCUT2D eigenvalue weighted by Gasteiger charge is 2.14. The maximum Gasteiger partial charge on any atom is 0.242 e. The van der Waals surface area contributed by atoms with E-state index in [0.717, 1.165) is 39.1 Å². The fourth-order valence-electron chi connectivity index (χ4n) is 2.16. The van der Waals surface area contributed by atoms with Gasteiger partial charge in [-0.2, -0.15) is 0 Å². The van der Waals surface area contributed by atoms with E-state index >= 15 is 0 Å². The quantitative estimate of drug-likeness (QED) is 0.698. The molecule has 0 aromatic carbocycles. The Bertz CT molecular complexity index is 492. The Morgan fingerprint density at radius 1 is 1.37 bits per heavy atom. The molecule has 0 unspecified atom stereocenters. The second-order valence-corrected chi connectivity index (χ2v) is 6.62. The van der Waals surface area contributed by atoms with Gasteiger partial charge >= 0.3 is 0 Å². The number of hydrogen-bond acceptors (Lipinski definition) is 4. The first-order valence-corrected chi connectivity index (χ1v) is 8.11. The van der Waals surface area contributed by atoms with E-state index in [2.05, 4.69) is 14.9 Å². The molecule has 1 fully saturated rings. The van der Waals surface area contributed by atoms with Crippen LogP contribution < -0.4 is 10.0 Å². The molecule has 2 heterocycles. The van der Waals surface area contributed by atoms with Crippen LogP contribution >= 0.6 is 0 Å². The molecule has 1 saturated heterocycles. The topological polar surface area (TPSA) is 66.4 Å². The van der Waals surface area contributed by atoms with Gasteiger partial charge in [-0.3, -0.25) is 0 Å². The Balaban J connectivity index is 1.72. The number of rotatable bonds is 6. The van der Waals surface area contributed by atoms with Crippen LogP contribution in [0.5, 0.6) is 0 Å². The Morgan fingerprint density at radius 2 is 2.11 bits per heavy atom. The minimum atomic E-state index is -3.34. The van der Waals surface area contributed by atoms with Gasteiger partial charge in [0.2, 0.25) is 10.0 Å². The Hall–Kier alpha value is -0.890. The van der Waals surface area contributed by atoms with Gasteiger partial charge in [-0.25, -0.2) is 13.1 Å². The van der Waals surface area contributed by atoms with Crippen molar-refractivity contribution < 1.29 is 8.42 Å². The molecule has 0 aliphatic carbocycles. The van der Waals surface area contributed by atoms with Crippen LogP contribution in [0.4, 0.5) is 0 Å². The van der Waals surface area contributed by atoms with Gasteiger partial charge in [-0.05, 0) is 19.0 Å². The van der Waals surface area contributed by atoms with Gasteiger partial charge in [-0.15, -0.1) is 0 Å². The average Bonchev–Trinajstić information content (AvgIpc) is 2.84. The number of hydrogen-bond donors (Lipinski definition) is 2. The maximum absolute atomic E-state index is 11.9. The molecule has 1 aromatic heterocycles. The van der Waals surface area contributed by atoms with E-state index in [1.165, 1.54) is 0 Å². The third kappa shape index (κ3) is 4.31. The fraction of sp³-hybridized carbons (Fsp3) is 0.667. The summed E-state index contributed by atoms with van der Waals surface area (Å²) in [6.45, 7) is 5.57. The highest BCUT2D eigenvalue weighted by atomic mass is 32.2. The predicted molar refractivity (Wildman–Crippen MR) is 74.5 cm³/mol. The van der Waals surface area contributed by atoms with Crippen molar-refractivity contribution in [2.75, 3.05) is 39.3 Å². The summed E-state index contributed by atoms with van der Waals surface area (Å²) >= 11 is 0. The van der Waals surface area contributed by atoms with Crippen molar-refractivity contribution >= 4 is 10.0 Å². The molecule has 6 nitrogen and oxygen atoms in total. The summed E-state index contributed by atoms with van der Waals surface area (Å²) in [5, 5.41) is 3.30. The van der Waals surface area contributed by atoms with Gasteiger partial charge in [0.15, 0.2) is 0 Å². The van der Waals surface area contributed by atoms with Crippen molar-refractivity contribution in [3.8, 4) is 0 Å². The second-order valence-electron chi connectivity index (χ2n) is 4.86. The first-order chi connectivity index (χ1) is 9.08. The van der Waals surface area contributed by atoms with Gasteiger partial charge in [0.25, 0.3) is 0 Å². The number of sulfonamides is 1. The average molecular weight is 286 g/mol. The van der Waals surface area contributed by atoms with Crippen LogP contribution in [0.15, 0.2) is 23.4 Å². The second kappa shape index (κ2) is 6.51. The number of nitrogens with one attached hydrogen (secondary N) is 2. The molecule has 1 aromatic rings. The number of nitrogens with zero attached hydrogens (tertiary/aromatic N) is 2. The van der Waals surface area contributed by atoms with Gasteiger partial charge in [0.05, 0.1) is 4.90 Å². The van der Waals surface area contributed by atoms with Crippen LogP contribution in [0.25, 0.3) is 0 Å². The van der Waals surface area contributed by atoms with Crippen LogP contribution in [-0.4, -0.2) is 57.2 Å². The molecule has 19 heavy (non-hydrogen) atoms. The molecule has 108 valence electrons. The van der Waals surface area contributed by atoms with Crippen molar-refractivity contribution in [3.05, 3.63) is 18.5 Å². The lowest BCUT2D eigenvalue weighted by molar-refractivity contribution is 0.239. The van der Waals surface area contributed by atoms with E-state index in [0.29, 0.717) is 11.4 Å². The summed E-state index contributed by atoms with van der Waals surface area (Å²) in [4.78, 5) is 2.69. The number of piperazine rings is 1. The maximum atomic E-state index is 11.9. The lowest BCUT2D eigenvalue weighted by atomic mass is 10.3. The number of aryl methyl sites for hydroxylation is 1. The van der Waals surface area contributed by atoms with E-state index < -0.39 is 10.0 Å². The summed E-state index contributed by atoms with van der Waals surface area (Å²) in [6, 6.07) is 1.61. The molecule has 1 aliphatic rings. The molecule has 0 spiro atoms. The summed E-state index contributed by atoms with van der Waals surface area (Å²) in [6.07, 6.45) is 4.18. The Kier molecular flexibility index (Phi) is 4.98. The summed E-state index contributed by atoms with van der Waals surface area (Å²) < 4.78 is 28.3. The van der Waals surface area contributed by atoms with Crippen LogP contribution in [0.3, 0.4) is 0 Å². The van der Waals surface area contributed by atoms with E-state index in [-0.39, 0.29) is 0 Å². The van der Waals surface area contributed by atoms with E-state index in [9.17, 15) is 8.42 Å². The van der Waals surface area contributed by atoms with Crippen molar-refractivity contribution in [1.82, 2.24) is 19.5 Å². The SMILES string of the molecule is Cn1ccc(S(=O)(=O)NCCCN2CCNCC2)c1. The van der Waals surface area contributed by atoms with E-state index in [4.69, 9.17) is 0 Å². The molecule has 2 N–H and O–H groups in total. The minimum Gasteiger partial charge on any atom is -0.356 e. The fourth-order valence-corrected chi connectivity index (χ4v) is 3.29. The van der Waals surface area contributed by atoms with Crippen LogP contribution in [0.2, 0.25) is 0 Å². The normalized spacial score (nSPS) is 17.7. The van der Waals surface area contributed by atoms with Crippen molar-refractivity contribution in [1.29, 1.82) is 0 Å². The summed E-state index contributed by atoms with van der Waals surface area (Å²) in [7, 11) is -1.54. The zero-order valence-electron chi connectivity index (χ0n) is 11.3. The largest absolute Gasteiger partial charge is 0.356 e. The minimum absolute atomic E-state index is 0.331. The zero-order chi connectivity index (χ0) is 13.7. The summed E-state index contributed by atoms with van der Waals surface area (Å²) in [5.41, 5.74) is 0. The van der Waals surface area contributed by atoms with Gasteiger partial charge in [-0.1, -0.05) is 0 Å². The molecule has 0 bridgehead atoms. The highest BCUT2D eigenvalue weighted by Crippen LogP contribution is 2.07. The van der Waals surface area contributed by atoms with Crippen LogP contribution in [0.1, 0.15) is 6.42 Å². The monoisotopic (exact) mass is 286 g/mol. The molecular weight excluding hydrogens is 264 g/mol. The standard InChI is InChI=1S/C12H22N4O2S/c1-15-8-3-12(11-15)19(17,18)14-4-2-7-16-9-5-13-6-10-16/h3,8,11,13-14H,2,4-7,9-10H2,1H3. The molecule has 0 radical (unpaired) electrons. The third-order valence-corrected chi connectivity index (χ3v) is 4.71. The first kappa shape index (κ1) is 14.5. The van der Waals surface area contributed by atoms with Crippen molar-refractivity contribution in [2.24, 2.45) is 7.05 Å². The smallest absolute Gasteiger partial charge is 0.242 e. The Labute approximate surface area is 114 Å². The van der Waals surface area contributed by atoms with Crippen LogP contribution in [0, 0.1) is 0 Å². The van der Waals surface area contributed by atoms with Crippen molar-refractivity contribution in [3.63, 3.8) is 0 Å². The van der Waals surface area contributed by atoms with Crippen molar-refractivity contribution in [2.45, 2.75) is 11.3 Å². The highest BCUT2D eigenvalue weighted by molar-refractivity contribution is 7.89. The van der Waals surface area contributed by atoms with Gasteiger partial charge in [0, 0.05) is 52.2 Å².